The smallest absolute Gasteiger partial charge is 0.0330 e. The lowest BCUT2D eigenvalue weighted by Gasteiger charge is -1.84. The van der Waals surface area contributed by atoms with Crippen molar-refractivity contribution in [2.24, 2.45) is 5.73 Å². The second kappa shape index (κ2) is 8.85. The third kappa shape index (κ3) is 9.15. The fraction of sp³-hybridized carbons (Fsp3) is 1.00. The molecule has 0 aliphatic rings. The maximum Gasteiger partial charge on any atom is 0.0330 e. The highest BCUT2D eigenvalue weighted by Gasteiger charge is 1.65. The highest BCUT2D eigenvalue weighted by atomic mass is 16.5. The van der Waals surface area contributed by atoms with Crippen LogP contribution in [0.1, 0.15) is 0 Å². The summed E-state index contributed by atoms with van der Waals surface area (Å²) in [6, 6.07) is 0. The lowest BCUT2D eigenvalue weighted by atomic mass is 10.7. The van der Waals surface area contributed by atoms with Gasteiger partial charge in [-0.05, 0) is 0 Å². The molecule has 0 saturated carbocycles. The van der Waals surface area contributed by atoms with Gasteiger partial charge in [0.25, 0.3) is 0 Å². The Balaban J connectivity index is 0. The largest absolute Gasteiger partial charge is 0.412 e. The SMILES string of the molecule is NCCNO.O. The van der Waals surface area contributed by atoms with Crippen LogP contribution in [0.3, 0.4) is 0 Å². The van der Waals surface area contributed by atoms with Crippen molar-refractivity contribution in [3.8, 4) is 0 Å². The molecule has 0 aliphatic carbocycles. The van der Waals surface area contributed by atoms with Crippen LogP contribution < -0.4 is 11.2 Å². The number of hydrogen-bond donors (Lipinski definition) is 3. The summed E-state index contributed by atoms with van der Waals surface area (Å²) in [4.78, 5) is 0. The zero-order chi connectivity index (χ0) is 4.12. The fourth-order valence-corrected chi connectivity index (χ4v) is 0.0645. The molecule has 4 heteroatoms. The van der Waals surface area contributed by atoms with Crippen LogP contribution in [0.15, 0.2) is 0 Å². The Kier molecular flexibility index (Phi) is 13.7. The molecule has 0 fully saturated rings. The van der Waals surface area contributed by atoms with Crippen LogP contribution in [0, 0.1) is 0 Å². The van der Waals surface area contributed by atoms with E-state index in [0.717, 1.165) is 0 Å². The summed E-state index contributed by atoms with van der Waals surface area (Å²) in [6.07, 6.45) is 0. The maximum absolute atomic E-state index is 7.74. The van der Waals surface area contributed by atoms with Crippen LogP contribution in [0.25, 0.3) is 0 Å². The van der Waals surface area contributed by atoms with Crippen molar-refractivity contribution in [3.05, 3.63) is 0 Å². The summed E-state index contributed by atoms with van der Waals surface area (Å²) in [5, 5.41) is 7.74. The average molecular weight is 94.1 g/mol. The predicted molar refractivity (Wildman–Crippen MR) is 22.5 cm³/mol. The van der Waals surface area contributed by atoms with E-state index in [-0.39, 0.29) is 5.48 Å². The zero-order valence-electron chi connectivity index (χ0n) is 3.44. The number of rotatable bonds is 2. The molecule has 40 valence electrons. The minimum atomic E-state index is 0. The molecule has 0 heterocycles. The standard InChI is InChI=1S/C2H8N2O.H2O/c3-1-2-4-5;/h4-5H,1-3H2;1H2. The van der Waals surface area contributed by atoms with Gasteiger partial charge in [-0.25, -0.2) is 5.48 Å². The van der Waals surface area contributed by atoms with Gasteiger partial charge in [0.05, 0.1) is 0 Å². The Labute approximate surface area is 36.2 Å². The van der Waals surface area contributed by atoms with Crippen molar-refractivity contribution in [2.45, 2.75) is 0 Å². The molecule has 0 aromatic heterocycles. The fourth-order valence-electron chi connectivity index (χ4n) is 0.0645. The maximum atomic E-state index is 7.74. The summed E-state index contributed by atoms with van der Waals surface area (Å²) in [5.41, 5.74) is 6.81. The molecule has 0 amide bonds. The number of nitrogens with two attached hydrogens (primary N) is 1. The van der Waals surface area contributed by atoms with Gasteiger partial charge in [-0.1, -0.05) is 0 Å². The first-order valence-corrected chi connectivity index (χ1v) is 1.49. The minimum absolute atomic E-state index is 0. The van der Waals surface area contributed by atoms with Crippen LogP contribution in [-0.2, 0) is 0 Å². The van der Waals surface area contributed by atoms with Gasteiger partial charge in [0.15, 0.2) is 0 Å². The molecule has 6 heavy (non-hydrogen) atoms. The van der Waals surface area contributed by atoms with Gasteiger partial charge in [0.1, 0.15) is 0 Å². The van der Waals surface area contributed by atoms with Gasteiger partial charge >= 0.3 is 0 Å². The van der Waals surface area contributed by atoms with Crippen molar-refractivity contribution in [1.29, 1.82) is 0 Å². The molecule has 0 radical (unpaired) electrons. The van der Waals surface area contributed by atoms with Crippen LogP contribution >= 0.6 is 0 Å². The van der Waals surface area contributed by atoms with Crippen LogP contribution in [0.2, 0.25) is 0 Å². The second-order valence-electron chi connectivity index (χ2n) is 0.697. The third-order valence-electron chi connectivity index (χ3n) is 0.256. The van der Waals surface area contributed by atoms with Crippen LogP contribution in [0.5, 0.6) is 0 Å². The highest BCUT2D eigenvalue weighted by molar-refractivity contribution is 4.28. The summed E-state index contributed by atoms with van der Waals surface area (Å²) in [6.45, 7) is 0.955. The van der Waals surface area contributed by atoms with E-state index in [9.17, 15) is 0 Å². The Bertz CT molecular complexity index is 17.0. The highest BCUT2D eigenvalue weighted by Crippen LogP contribution is 1.36. The molecule has 0 aliphatic heterocycles. The van der Waals surface area contributed by atoms with Crippen molar-refractivity contribution in [1.82, 2.24) is 5.48 Å². The van der Waals surface area contributed by atoms with Crippen LogP contribution in [0.4, 0.5) is 0 Å². The van der Waals surface area contributed by atoms with Gasteiger partial charge in [-0.15, -0.1) is 0 Å². The summed E-state index contributed by atoms with van der Waals surface area (Å²) in [5.74, 6) is 0. The van der Waals surface area contributed by atoms with Gasteiger partial charge < -0.3 is 16.4 Å². The van der Waals surface area contributed by atoms with E-state index in [0.29, 0.717) is 13.1 Å². The van der Waals surface area contributed by atoms with E-state index in [1.54, 1.807) is 0 Å². The zero-order valence-corrected chi connectivity index (χ0v) is 3.44. The van der Waals surface area contributed by atoms with Gasteiger partial charge in [-0.2, -0.15) is 0 Å². The van der Waals surface area contributed by atoms with E-state index in [2.05, 4.69) is 0 Å². The van der Waals surface area contributed by atoms with E-state index < -0.39 is 0 Å². The van der Waals surface area contributed by atoms with Crippen LogP contribution in [-0.4, -0.2) is 23.8 Å². The molecule has 0 unspecified atom stereocenters. The second-order valence-corrected chi connectivity index (χ2v) is 0.697. The Morgan fingerprint density at radius 3 is 2.17 bits per heavy atom. The normalized spacial score (nSPS) is 7.00. The molecular formula is C2H10N2O2. The average Bonchev–Trinajstić information content (AvgIpc) is 1.41. The molecule has 0 aromatic carbocycles. The molecule has 0 rings (SSSR count). The van der Waals surface area contributed by atoms with Crippen molar-refractivity contribution >= 4 is 0 Å². The van der Waals surface area contributed by atoms with E-state index in [1.807, 2.05) is 5.48 Å². The summed E-state index contributed by atoms with van der Waals surface area (Å²) < 4.78 is 0. The Morgan fingerprint density at radius 1 is 1.67 bits per heavy atom. The summed E-state index contributed by atoms with van der Waals surface area (Å²) >= 11 is 0. The molecular weight excluding hydrogens is 84.0 g/mol. The molecule has 0 saturated heterocycles. The Hall–Kier alpha value is -0.160. The van der Waals surface area contributed by atoms with Crippen molar-refractivity contribution in [2.75, 3.05) is 13.1 Å². The molecule has 4 nitrogen and oxygen atoms in total. The summed E-state index contributed by atoms with van der Waals surface area (Å²) in [7, 11) is 0. The van der Waals surface area contributed by atoms with E-state index >= 15 is 0 Å². The third-order valence-corrected chi connectivity index (χ3v) is 0.256. The number of nitrogens with one attached hydrogen (secondary N) is 1. The predicted octanol–water partition coefficient (Wildman–Crippen LogP) is -1.90. The molecule has 0 aromatic rings. The lowest BCUT2D eigenvalue weighted by molar-refractivity contribution is 0.170. The molecule has 0 spiro atoms. The first-order valence-electron chi connectivity index (χ1n) is 1.49. The van der Waals surface area contributed by atoms with Gasteiger partial charge in [-0.3, -0.25) is 0 Å². The lowest BCUT2D eigenvalue weighted by Crippen LogP contribution is -2.17. The first kappa shape index (κ1) is 9.28. The monoisotopic (exact) mass is 94.1 g/mol. The number of hydroxylamine groups is 1. The quantitative estimate of drug-likeness (QED) is 0.349. The molecule has 0 atom stereocenters. The topological polar surface area (TPSA) is 89.8 Å². The Morgan fingerprint density at radius 2 is 2.17 bits per heavy atom. The van der Waals surface area contributed by atoms with Crippen molar-refractivity contribution < 1.29 is 10.7 Å². The molecule has 0 bridgehead atoms. The minimum Gasteiger partial charge on any atom is -0.412 e. The number of hydrogen-bond acceptors (Lipinski definition) is 3. The van der Waals surface area contributed by atoms with E-state index in [1.165, 1.54) is 0 Å². The van der Waals surface area contributed by atoms with Gasteiger partial charge in [0, 0.05) is 13.1 Å². The van der Waals surface area contributed by atoms with E-state index in [4.69, 9.17) is 10.9 Å². The first-order chi connectivity index (χ1) is 2.41. The van der Waals surface area contributed by atoms with Gasteiger partial charge in [0.2, 0.25) is 0 Å². The molecule has 6 N–H and O–H groups in total. The van der Waals surface area contributed by atoms with Crippen molar-refractivity contribution in [3.63, 3.8) is 0 Å².